The first-order chi connectivity index (χ1) is 11.6. The predicted octanol–water partition coefficient (Wildman–Crippen LogP) is 2.29. The van der Waals surface area contributed by atoms with Crippen LogP contribution in [0.1, 0.15) is 0 Å². The topological polar surface area (TPSA) is 72.7 Å². The van der Waals surface area contributed by atoms with Crippen LogP contribution in [0.3, 0.4) is 0 Å². The van der Waals surface area contributed by atoms with E-state index in [1.165, 1.54) is 16.3 Å². The summed E-state index contributed by atoms with van der Waals surface area (Å²) < 4.78 is 2.89. The molecule has 0 amide bonds. The summed E-state index contributed by atoms with van der Waals surface area (Å²) >= 11 is 1.42. The Labute approximate surface area is 140 Å². The molecule has 0 fully saturated rings. The fourth-order valence-corrected chi connectivity index (χ4v) is 3.52. The highest BCUT2D eigenvalue weighted by Crippen LogP contribution is 2.21. The van der Waals surface area contributed by atoms with Crippen molar-refractivity contribution in [1.82, 2.24) is 19.1 Å². The highest BCUT2D eigenvalue weighted by molar-refractivity contribution is 7.98. The Hall–Kier alpha value is -2.80. The van der Waals surface area contributed by atoms with Crippen molar-refractivity contribution in [2.24, 2.45) is 7.05 Å². The SMILES string of the molecule is CSc1nc2[nH]c(=O)n(-c3cccc4ccccc34)c(=O)c2n1C. The first kappa shape index (κ1) is 14.8. The van der Waals surface area contributed by atoms with Gasteiger partial charge in [-0.1, -0.05) is 48.2 Å². The average Bonchev–Trinajstić information content (AvgIpc) is 2.91. The molecule has 0 aliphatic rings. The maximum Gasteiger partial charge on any atom is 0.334 e. The third-order valence-electron chi connectivity index (χ3n) is 4.08. The molecule has 0 spiro atoms. The Morgan fingerprint density at radius 1 is 1.08 bits per heavy atom. The first-order valence-corrected chi connectivity index (χ1v) is 8.58. The van der Waals surface area contributed by atoms with Gasteiger partial charge in [0.25, 0.3) is 5.56 Å². The molecule has 1 N–H and O–H groups in total. The number of nitrogens with zero attached hydrogens (tertiary/aromatic N) is 3. The molecule has 4 rings (SSSR count). The quantitative estimate of drug-likeness (QED) is 0.569. The second kappa shape index (κ2) is 5.38. The van der Waals surface area contributed by atoms with Gasteiger partial charge >= 0.3 is 5.69 Å². The molecule has 120 valence electrons. The van der Waals surface area contributed by atoms with Crippen LogP contribution in [0.15, 0.2) is 57.2 Å². The summed E-state index contributed by atoms with van der Waals surface area (Å²) in [7, 11) is 1.77. The van der Waals surface area contributed by atoms with Crippen LogP contribution in [0.2, 0.25) is 0 Å². The van der Waals surface area contributed by atoms with E-state index < -0.39 is 5.69 Å². The molecule has 24 heavy (non-hydrogen) atoms. The minimum Gasteiger partial charge on any atom is -0.316 e. The van der Waals surface area contributed by atoms with Crippen molar-refractivity contribution in [3.05, 3.63) is 63.3 Å². The zero-order chi connectivity index (χ0) is 16.8. The van der Waals surface area contributed by atoms with E-state index in [1.54, 1.807) is 17.7 Å². The number of rotatable bonds is 2. The molecule has 4 aromatic rings. The van der Waals surface area contributed by atoms with Gasteiger partial charge in [-0.25, -0.2) is 14.3 Å². The Morgan fingerprint density at radius 3 is 2.62 bits per heavy atom. The van der Waals surface area contributed by atoms with Gasteiger partial charge in [-0.3, -0.25) is 9.78 Å². The highest BCUT2D eigenvalue weighted by atomic mass is 32.2. The predicted molar refractivity (Wildman–Crippen MR) is 96.2 cm³/mol. The number of aryl methyl sites for hydroxylation is 1. The third kappa shape index (κ3) is 2.01. The van der Waals surface area contributed by atoms with Crippen molar-refractivity contribution >= 4 is 33.7 Å². The van der Waals surface area contributed by atoms with E-state index in [4.69, 9.17) is 0 Å². The van der Waals surface area contributed by atoms with E-state index in [0.29, 0.717) is 22.0 Å². The molecule has 2 aromatic heterocycles. The van der Waals surface area contributed by atoms with Crippen LogP contribution < -0.4 is 11.2 Å². The van der Waals surface area contributed by atoms with E-state index >= 15 is 0 Å². The second-order valence-electron chi connectivity index (χ2n) is 5.42. The molecule has 0 saturated heterocycles. The standard InChI is InChI=1S/C17H14N4O2S/c1-20-13-14(19-17(20)24-2)18-16(23)21(15(13)22)12-9-5-7-10-6-3-4-8-11(10)12/h3-9H,1-2H3,(H,18,23). The number of benzene rings is 2. The summed E-state index contributed by atoms with van der Waals surface area (Å²) in [4.78, 5) is 32.6. The number of nitrogens with one attached hydrogen (secondary N) is 1. The number of thioether (sulfide) groups is 1. The summed E-state index contributed by atoms with van der Waals surface area (Å²) in [6.07, 6.45) is 1.88. The van der Waals surface area contributed by atoms with E-state index in [2.05, 4.69) is 9.97 Å². The van der Waals surface area contributed by atoms with Crippen molar-refractivity contribution in [1.29, 1.82) is 0 Å². The van der Waals surface area contributed by atoms with Crippen molar-refractivity contribution < 1.29 is 0 Å². The van der Waals surface area contributed by atoms with E-state index in [-0.39, 0.29) is 5.56 Å². The van der Waals surface area contributed by atoms with Crippen LogP contribution in [-0.4, -0.2) is 25.4 Å². The molecule has 0 aliphatic carbocycles. The number of aromatic nitrogens is 4. The Bertz CT molecular complexity index is 1200. The van der Waals surface area contributed by atoms with Gasteiger partial charge < -0.3 is 4.57 Å². The lowest BCUT2D eigenvalue weighted by Gasteiger charge is -2.09. The fourth-order valence-electron chi connectivity index (χ4n) is 2.97. The van der Waals surface area contributed by atoms with E-state index in [1.807, 2.05) is 42.7 Å². The lowest BCUT2D eigenvalue weighted by atomic mass is 10.1. The van der Waals surface area contributed by atoms with Crippen molar-refractivity contribution in [2.75, 3.05) is 6.26 Å². The van der Waals surface area contributed by atoms with Crippen molar-refractivity contribution in [3.63, 3.8) is 0 Å². The molecule has 0 saturated carbocycles. The average molecular weight is 338 g/mol. The lowest BCUT2D eigenvalue weighted by molar-refractivity contribution is 0.807. The summed E-state index contributed by atoms with van der Waals surface area (Å²) in [6, 6.07) is 13.2. The molecule has 0 radical (unpaired) electrons. The highest BCUT2D eigenvalue weighted by Gasteiger charge is 2.17. The van der Waals surface area contributed by atoms with Gasteiger partial charge in [0.05, 0.1) is 5.69 Å². The molecular weight excluding hydrogens is 324 g/mol. The van der Waals surface area contributed by atoms with Gasteiger partial charge in [0.2, 0.25) is 0 Å². The van der Waals surface area contributed by atoms with Gasteiger partial charge in [-0.2, -0.15) is 0 Å². The van der Waals surface area contributed by atoms with Gasteiger partial charge in [-0.15, -0.1) is 0 Å². The van der Waals surface area contributed by atoms with E-state index in [0.717, 1.165) is 10.8 Å². The minimum absolute atomic E-state index is 0.313. The van der Waals surface area contributed by atoms with E-state index in [9.17, 15) is 9.59 Å². The Kier molecular flexibility index (Phi) is 3.31. The number of aromatic amines is 1. The Morgan fingerprint density at radius 2 is 1.83 bits per heavy atom. The molecule has 0 bridgehead atoms. The van der Waals surface area contributed by atoms with Crippen LogP contribution in [0.5, 0.6) is 0 Å². The van der Waals surface area contributed by atoms with Gasteiger partial charge in [0.15, 0.2) is 16.3 Å². The molecule has 0 atom stereocenters. The summed E-state index contributed by atoms with van der Waals surface area (Å²) in [6.45, 7) is 0. The van der Waals surface area contributed by atoms with Crippen LogP contribution >= 0.6 is 11.8 Å². The number of hydrogen-bond donors (Lipinski definition) is 1. The largest absolute Gasteiger partial charge is 0.334 e. The van der Waals surface area contributed by atoms with Crippen LogP contribution in [0.25, 0.3) is 27.6 Å². The first-order valence-electron chi connectivity index (χ1n) is 7.35. The van der Waals surface area contributed by atoms with Gasteiger partial charge in [0, 0.05) is 12.4 Å². The maximum atomic E-state index is 13.0. The Balaban J connectivity index is 2.16. The maximum absolute atomic E-state index is 13.0. The van der Waals surface area contributed by atoms with Crippen LogP contribution in [0, 0.1) is 0 Å². The summed E-state index contributed by atoms with van der Waals surface area (Å²) in [5, 5.41) is 2.49. The third-order valence-corrected chi connectivity index (χ3v) is 4.81. The fraction of sp³-hybridized carbons (Fsp3) is 0.118. The monoisotopic (exact) mass is 338 g/mol. The van der Waals surface area contributed by atoms with Crippen molar-refractivity contribution in [2.45, 2.75) is 5.16 Å². The molecule has 2 heterocycles. The normalized spacial score (nSPS) is 11.4. The number of imidazole rings is 1. The van der Waals surface area contributed by atoms with Gasteiger partial charge in [-0.05, 0) is 17.7 Å². The zero-order valence-electron chi connectivity index (χ0n) is 13.1. The molecule has 6 nitrogen and oxygen atoms in total. The molecule has 7 heteroatoms. The van der Waals surface area contributed by atoms with Gasteiger partial charge in [0.1, 0.15) is 0 Å². The van der Waals surface area contributed by atoms with Crippen molar-refractivity contribution in [3.8, 4) is 5.69 Å². The summed E-state index contributed by atoms with van der Waals surface area (Å²) in [5.74, 6) is 0. The zero-order valence-corrected chi connectivity index (χ0v) is 13.9. The lowest BCUT2D eigenvalue weighted by Crippen LogP contribution is -2.34. The number of fused-ring (bicyclic) bond motifs is 2. The molecule has 2 aromatic carbocycles. The smallest absolute Gasteiger partial charge is 0.316 e. The number of hydrogen-bond acceptors (Lipinski definition) is 4. The molecule has 0 unspecified atom stereocenters. The number of H-pyrrole nitrogens is 1. The van der Waals surface area contributed by atoms with Crippen LogP contribution in [0.4, 0.5) is 0 Å². The molecule has 0 aliphatic heterocycles. The summed E-state index contributed by atoms with van der Waals surface area (Å²) in [5.41, 5.74) is 0.392. The van der Waals surface area contributed by atoms with Crippen LogP contribution in [-0.2, 0) is 7.05 Å². The molecular formula is C17H14N4O2S. The second-order valence-corrected chi connectivity index (χ2v) is 6.20. The minimum atomic E-state index is -0.491.